The SMILES string of the molecule is OCCOCCOCCOC1=C(OCCOCCOCCO)C(F)(F)C(F)(F)C1(F)F. The number of hydrogen-bond donors (Lipinski definition) is 2. The summed E-state index contributed by atoms with van der Waals surface area (Å²) >= 11 is 0. The average Bonchev–Trinajstić information content (AvgIpc) is 2.80. The minimum Gasteiger partial charge on any atom is -0.486 e. The Balaban J connectivity index is 2.59. The van der Waals surface area contributed by atoms with Crippen molar-refractivity contribution in [2.24, 2.45) is 0 Å². The van der Waals surface area contributed by atoms with Gasteiger partial charge >= 0.3 is 17.8 Å². The third-order valence-electron chi connectivity index (χ3n) is 3.73. The maximum absolute atomic E-state index is 13.9. The standard InChI is InChI=1S/C17H26F6O8/c18-15(19)13(30-11-9-28-7-5-26-3-1-24)14(16(20,21)17(15,22)23)31-12-10-29-8-6-27-4-2-25/h24-25H,1-12H2. The van der Waals surface area contributed by atoms with Crippen molar-refractivity contribution in [3.05, 3.63) is 11.5 Å². The first-order valence-corrected chi connectivity index (χ1v) is 9.31. The minimum atomic E-state index is -5.75. The molecule has 8 nitrogen and oxygen atoms in total. The normalized spacial score (nSPS) is 19.1. The number of ether oxygens (including phenoxy) is 6. The second-order valence-electron chi connectivity index (χ2n) is 5.98. The molecule has 1 aliphatic carbocycles. The largest absolute Gasteiger partial charge is 0.486 e. The molecule has 0 fully saturated rings. The summed E-state index contributed by atoms with van der Waals surface area (Å²) < 4.78 is 112. The van der Waals surface area contributed by atoms with Crippen molar-refractivity contribution in [3.63, 3.8) is 0 Å². The zero-order valence-electron chi connectivity index (χ0n) is 16.6. The van der Waals surface area contributed by atoms with Crippen LogP contribution in [0.25, 0.3) is 0 Å². The number of allylic oxidation sites excluding steroid dienone is 2. The number of alkyl halides is 6. The number of aliphatic hydroxyl groups is 2. The average molecular weight is 472 g/mol. The van der Waals surface area contributed by atoms with Crippen molar-refractivity contribution in [2.45, 2.75) is 17.8 Å². The van der Waals surface area contributed by atoms with Crippen LogP contribution in [0.1, 0.15) is 0 Å². The molecule has 0 aliphatic heterocycles. The minimum absolute atomic E-state index is 0.0200. The highest BCUT2D eigenvalue weighted by molar-refractivity contribution is 5.34. The first-order chi connectivity index (χ1) is 14.6. The van der Waals surface area contributed by atoms with Gasteiger partial charge in [0, 0.05) is 0 Å². The predicted octanol–water partition coefficient (Wildman–Crippen LogP) is 1.20. The van der Waals surface area contributed by atoms with E-state index in [9.17, 15) is 26.3 Å². The van der Waals surface area contributed by atoms with Crippen LogP contribution in [-0.4, -0.2) is 107 Å². The van der Waals surface area contributed by atoms with E-state index in [4.69, 9.17) is 29.2 Å². The molecule has 0 bridgehead atoms. The Morgan fingerprint density at radius 2 is 0.774 bits per heavy atom. The number of rotatable bonds is 18. The summed E-state index contributed by atoms with van der Waals surface area (Å²) in [4.78, 5) is 0. The second kappa shape index (κ2) is 13.3. The lowest BCUT2D eigenvalue weighted by molar-refractivity contribution is -0.277. The molecule has 0 aromatic carbocycles. The van der Waals surface area contributed by atoms with Crippen molar-refractivity contribution in [2.75, 3.05) is 79.3 Å². The van der Waals surface area contributed by atoms with Crippen LogP contribution in [0.2, 0.25) is 0 Å². The molecular formula is C17H26F6O8. The zero-order valence-corrected chi connectivity index (χ0v) is 16.6. The quantitative estimate of drug-likeness (QED) is 0.227. The molecule has 0 spiro atoms. The molecule has 2 N–H and O–H groups in total. The molecule has 0 heterocycles. The zero-order chi connectivity index (χ0) is 23.4. The summed E-state index contributed by atoms with van der Waals surface area (Å²) in [6, 6.07) is 0. The summed E-state index contributed by atoms with van der Waals surface area (Å²) in [6.07, 6.45) is 0. The fourth-order valence-corrected chi connectivity index (χ4v) is 2.26. The lowest BCUT2D eigenvalue weighted by Crippen LogP contribution is -2.49. The topological polar surface area (TPSA) is 95.8 Å². The molecular weight excluding hydrogens is 446 g/mol. The summed E-state index contributed by atoms with van der Waals surface area (Å²) in [5.74, 6) is -20.3. The van der Waals surface area contributed by atoms with Gasteiger partial charge in [0.25, 0.3) is 0 Å². The Labute approximate surface area is 174 Å². The number of aliphatic hydroxyl groups excluding tert-OH is 2. The fourth-order valence-electron chi connectivity index (χ4n) is 2.26. The van der Waals surface area contributed by atoms with Crippen LogP contribution in [0.3, 0.4) is 0 Å². The van der Waals surface area contributed by atoms with Gasteiger partial charge in [-0.1, -0.05) is 0 Å². The third kappa shape index (κ3) is 7.36. The molecule has 0 amide bonds. The molecule has 1 rings (SSSR count). The van der Waals surface area contributed by atoms with E-state index in [1.54, 1.807) is 0 Å². The summed E-state index contributed by atoms with van der Waals surface area (Å²) in [7, 11) is 0. The highest BCUT2D eigenvalue weighted by Gasteiger charge is 2.83. The molecule has 0 saturated heterocycles. The van der Waals surface area contributed by atoms with E-state index >= 15 is 0 Å². The van der Waals surface area contributed by atoms with Crippen LogP contribution in [0.4, 0.5) is 26.3 Å². The predicted molar refractivity (Wildman–Crippen MR) is 91.2 cm³/mol. The van der Waals surface area contributed by atoms with E-state index in [0.717, 1.165) is 0 Å². The van der Waals surface area contributed by atoms with Crippen molar-refractivity contribution in [3.8, 4) is 0 Å². The fraction of sp³-hybridized carbons (Fsp3) is 0.882. The van der Waals surface area contributed by atoms with Crippen molar-refractivity contribution < 1.29 is 65.0 Å². The number of hydrogen-bond acceptors (Lipinski definition) is 8. The third-order valence-corrected chi connectivity index (χ3v) is 3.73. The lowest BCUT2D eigenvalue weighted by atomic mass is 10.1. The molecule has 0 atom stereocenters. The molecule has 1 aliphatic rings. The first-order valence-electron chi connectivity index (χ1n) is 9.31. The highest BCUT2D eigenvalue weighted by Crippen LogP contribution is 2.59. The monoisotopic (exact) mass is 472 g/mol. The van der Waals surface area contributed by atoms with Crippen LogP contribution in [0, 0.1) is 0 Å². The smallest absolute Gasteiger partial charge is 0.387 e. The lowest BCUT2D eigenvalue weighted by Gasteiger charge is -2.24. The van der Waals surface area contributed by atoms with Gasteiger partial charge < -0.3 is 38.6 Å². The molecule has 0 unspecified atom stereocenters. The Morgan fingerprint density at radius 1 is 0.484 bits per heavy atom. The van der Waals surface area contributed by atoms with E-state index in [1.807, 2.05) is 0 Å². The second-order valence-corrected chi connectivity index (χ2v) is 5.98. The van der Waals surface area contributed by atoms with Crippen LogP contribution in [0.5, 0.6) is 0 Å². The Hall–Kier alpha value is -1.32. The summed E-state index contributed by atoms with van der Waals surface area (Å²) in [5.41, 5.74) is 0. The van der Waals surface area contributed by atoms with Crippen LogP contribution in [0.15, 0.2) is 11.5 Å². The van der Waals surface area contributed by atoms with Gasteiger partial charge in [-0.15, -0.1) is 0 Å². The van der Waals surface area contributed by atoms with Gasteiger partial charge in [-0.3, -0.25) is 0 Å². The van der Waals surface area contributed by atoms with Gasteiger partial charge in [-0.2, -0.15) is 26.3 Å². The maximum atomic E-state index is 13.9. The Bertz CT molecular complexity index is 503. The molecule has 0 saturated carbocycles. The van der Waals surface area contributed by atoms with Crippen LogP contribution < -0.4 is 0 Å². The van der Waals surface area contributed by atoms with Crippen molar-refractivity contribution in [1.82, 2.24) is 0 Å². The highest BCUT2D eigenvalue weighted by atomic mass is 19.3. The molecule has 184 valence electrons. The molecule has 0 aromatic rings. The van der Waals surface area contributed by atoms with Crippen molar-refractivity contribution in [1.29, 1.82) is 0 Å². The van der Waals surface area contributed by atoms with E-state index in [-0.39, 0.29) is 66.1 Å². The maximum Gasteiger partial charge on any atom is 0.387 e. The number of halogens is 6. The Morgan fingerprint density at radius 3 is 1.10 bits per heavy atom. The first kappa shape index (κ1) is 27.7. The van der Waals surface area contributed by atoms with Gasteiger partial charge in [0.15, 0.2) is 0 Å². The van der Waals surface area contributed by atoms with E-state index < -0.39 is 42.5 Å². The Kier molecular flexibility index (Phi) is 11.9. The molecule has 0 aromatic heterocycles. The van der Waals surface area contributed by atoms with Crippen molar-refractivity contribution >= 4 is 0 Å². The van der Waals surface area contributed by atoms with Gasteiger partial charge in [-0.25, -0.2) is 0 Å². The van der Waals surface area contributed by atoms with E-state index in [2.05, 4.69) is 9.47 Å². The van der Waals surface area contributed by atoms with E-state index in [0.29, 0.717) is 0 Å². The van der Waals surface area contributed by atoms with Gasteiger partial charge in [0.05, 0.1) is 66.1 Å². The molecule has 14 heteroatoms. The van der Waals surface area contributed by atoms with Gasteiger partial charge in [0.2, 0.25) is 11.5 Å². The summed E-state index contributed by atoms with van der Waals surface area (Å²) in [6.45, 7) is -2.39. The molecule has 0 radical (unpaired) electrons. The van der Waals surface area contributed by atoms with E-state index in [1.165, 1.54) is 0 Å². The van der Waals surface area contributed by atoms with Gasteiger partial charge in [-0.05, 0) is 0 Å². The van der Waals surface area contributed by atoms with Crippen LogP contribution in [-0.2, 0) is 28.4 Å². The van der Waals surface area contributed by atoms with Gasteiger partial charge in [0.1, 0.15) is 13.2 Å². The summed E-state index contributed by atoms with van der Waals surface area (Å²) in [5, 5.41) is 17.0. The molecule has 31 heavy (non-hydrogen) atoms. The van der Waals surface area contributed by atoms with Crippen LogP contribution >= 0.6 is 0 Å².